The molecule has 5 rings (SSSR count). The van der Waals surface area contributed by atoms with Crippen LogP contribution in [-0.2, 0) is 40.1 Å². The highest BCUT2D eigenvalue weighted by Crippen LogP contribution is 2.59. The summed E-state index contributed by atoms with van der Waals surface area (Å²) in [6, 6.07) is 2.77. The van der Waals surface area contributed by atoms with Crippen LogP contribution >= 0.6 is 0 Å². The monoisotopic (exact) mass is 603 g/mol. The SMILES string of the molecule is CC(C)C1(Oc2cc(C(=O)OC3C4CC5C3OC(=O)C5C4C(=O)OCCS(=O)(=O)[O-])ccc2C(F)(F)F)CCCC1. The van der Waals surface area contributed by atoms with Crippen LogP contribution in [0, 0.1) is 29.6 Å². The molecule has 1 saturated heterocycles. The molecule has 3 saturated carbocycles. The summed E-state index contributed by atoms with van der Waals surface area (Å²) in [5.74, 6) is -7.16. The molecule has 0 N–H and O–H groups in total. The Morgan fingerprint density at radius 2 is 1.85 bits per heavy atom. The largest absolute Gasteiger partial charge is 0.748 e. The Hall–Kier alpha value is -2.87. The average molecular weight is 604 g/mol. The van der Waals surface area contributed by atoms with Crippen molar-refractivity contribution in [3.05, 3.63) is 29.3 Å². The summed E-state index contributed by atoms with van der Waals surface area (Å²) in [6.45, 7) is 3.06. The van der Waals surface area contributed by atoms with E-state index < -0.39 is 99.4 Å². The van der Waals surface area contributed by atoms with E-state index in [1.807, 2.05) is 13.8 Å². The zero-order valence-corrected chi connectivity index (χ0v) is 23.2. The van der Waals surface area contributed by atoms with E-state index in [2.05, 4.69) is 0 Å². The average Bonchev–Trinajstić information content (AvgIpc) is 3.61. The van der Waals surface area contributed by atoms with Crippen LogP contribution in [-0.4, -0.2) is 61.0 Å². The van der Waals surface area contributed by atoms with E-state index in [4.69, 9.17) is 18.9 Å². The first-order valence-corrected chi connectivity index (χ1v) is 15.1. The molecule has 6 unspecified atom stereocenters. The van der Waals surface area contributed by atoms with Crippen LogP contribution in [0.2, 0.25) is 0 Å². The Balaban J connectivity index is 1.37. The topological polar surface area (TPSA) is 145 Å². The van der Waals surface area contributed by atoms with Gasteiger partial charge in [-0.25, -0.2) is 13.2 Å². The maximum atomic E-state index is 13.9. The lowest BCUT2D eigenvalue weighted by Gasteiger charge is -2.35. The molecule has 6 atom stereocenters. The fraction of sp³-hybridized carbons (Fsp3) is 0.667. The predicted octanol–water partition coefficient (Wildman–Crippen LogP) is 3.47. The molecule has 226 valence electrons. The molecular formula is C27H30F3O10S-. The molecule has 2 bridgehead atoms. The van der Waals surface area contributed by atoms with Crippen LogP contribution in [0.4, 0.5) is 13.2 Å². The van der Waals surface area contributed by atoms with Gasteiger partial charge in [0.25, 0.3) is 0 Å². The van der Waals surface area contributed by atoms with Gasteiger partial charge in [-0.1, -0.05) is 13.8 Å². The molecule has 0 radical (unpaired) electrons. The fourth-order valence-electron chi connectivity index (χ4n) is 6.96. The van der Waals surface area contributed by atoms with Crippen molar-refractivity contribution >= 4 is 28.0 Å². The number of benzene rings is 1. The van der Waals surface area contributed by atoms with Crippen molar-refractivity contribution in [3.8, 4) is 5.75 Å². The molecular weight excluding hydrogens is 573 g/mol. The Morgan fingerprint density at radius 3 is 2.46 bits per heavy atom. The maximum Gasteiger partial charge on any atom is 0.419 e. The molecule has 1 aliphatic heterocycles. The molecule has 0 spiro atoms. The van der Waals surface area contributed by atoms with Gasteiger partial charge in [-0.15, -0.1) is 0 Å². The normalized spacial score (nSPS) is 30.0. The second kappa shape index (κ2) is 10.4. The van der Waals surface area contributed by atoms with Crippen molar-refractivity contribution in [2.45, 2.75) is 69.9 Å². The molecule has 1 heterocycles. The lowest BCUT2D eigenvalue weighted by molar-refractivity contribution is -0.155. The number of rotatable bonds is 9. The molecule has 1 aromatic rings. The van der Waals surface area contributed by atoms with Crippen molar-refractivity contribution in [2.24, 2.45) is 29.6 Å². The summed E-state index contributed by atoms with van der Waals surface area (Å²) in [6.07, 6.45) is -3.57. The van der Waals surface area contributed by atoms with Gasteiger partial charge in [0.05, 0.1) is 38.8 Å². The Morgan fingerprint density at radius 1 is 1.17 bits per heavy atom. The van der Waals surface area contributed by atoms with E-state index in [1.165, 1.54) is 0 Å². The Kier molecular flexibility index (Phi) is 7.54. The van der Waals surface area contributed by atoms with Gasteiger partial charge in [-0.3, -0.25) is 9.59 Å². The standard InChI is InChI=1S/C27H31F3O10S/c1-13(2)26(7-3-4-8-26)40-18-11-14(5-6-17(18)27(28,29)30)23(31)38-21-15-12-16-20(25(33)39-22(16)21)19(15)24(32)37-9-10-41(34,35)36/h5-6,11,13,15-16,19-22H,3-4,7-10,12H2,1-2H3,(H,34,35,36)/p-1. The number of alkyl halides is 3. The van der Waals surface area contributed by atoms with Crippen molar-refractivity contribution < 1.29 is 59.5 Å². The van der Waals surface area contributed by atoms with Crippen LogP contribution in [0.25, 0.3) is 0 Å². The van der Waals surface area contributed by atoms with Crippen LogP contribution in [0.5, 0.6) is 5.75 Å². The van der Waals surface area contributed by atoms with Gasteiger partial charge in [0.15, 0.2) is 0 Å². The summed E-state index contributed by atoms with van der Waals surface area (Å²) in [5.41, 5.74) is -2.02. The second-order valence-corrected chi connectivity index (χ2v) is 13.1. The van der Waals surface area contributed by atoms with Crippen molar-refractivity contribution in [1.82, 2.24) is 0 Å². The molecule has 4 fully saturated rings. The van der Waals surface area contributed by atoms with E-state index in [9.17, 15) is 40.5 Å². The van der Waals surface area contributed by atoms with Crippen LogP contribution in [0.3, 0.4) is 0 Å². The van der Waals surface area contributed by atoms with Crippen LogP contribution < -0.4 is 4.74 Å². The van der Waals surface area contributed by atoms with E-state index in [-0.39, 0.29) is 17.9 Å². The third kappa shape index (κ3) is 5.52. The highest BCUT2D eigenvalue weighted by Gasteiger charge is 2.70. The zero-order valence-electron chi connectivity index (χ0n) is 22.3. The van der Waals surface area contributed by atoms with Gasteiger partial charge in [0.2, 0.25) is 0 Å². The molecule has 0 aromatic heterocycles. The number of fused-ring (bicyclic) bond motifs is 1. The Labute approximate surface area is 234 Å². The van der Waals surface area contributed by atoms with Gasteiger partial charge >= 0.3 is 24.1 Å². The molecule has 1 aromatic carbocycles. The summed E-state index contributed by atoms with van der Waals surface area (Å²) in [5, 5.41) is 0. The van der Waals surface area contributed by atoms with Gasteiger partial charge in [-0.05, 0) is 56.2 Å². The van der Waals surface area contributed by atoms with E-state index in [0.29, 0.717) is 12.8 Å². The molecule has 41 heavy (non-hydrogen) atoms. The number of hydrogen-bond acceptors (Lipinski definition) is 10. The van der Waals surface area contributed by atoms with Crippen molar-refractivity contribution in [2.75, 3.05) is 12.4 Å². The van der Waals surface area contributed by atoms with Gasteiger partial charge in [-0.2, -0.15) is 13.2 Å². The predicted molar refractivity (Wildman–Crippen MR) is 131 cm³/mol. The van der Waals surface area contributed by atoms with Gasteiger partial charge < -0.3 is 23.5 Å². The minimum absolute atomic E-state index is 0.0776. The number of esters is 3. The molecule has 4 aliphatic rings. The fourth-order valence-corrected chi connectivity index (χ4v) is 7.25. The van der Waals surface area contributed by atoms with E-state index >= 15 is 0 Å². The molecule has 3 aliphatic carbocycles. The van der Waals surface area contributed by atoms with Crippen molar-refractivity contribution in [3.63, 3.8) is 0 Å². The minimum atomic E-state index is -4.73. The van der Waals surface area contributed by atoms with Crippen LogP contribution in [0.15, 0.2) is 18.2 Å². The summed E-state index contributed by atoms with van der Waals surface area (Å²) in [4.78, 5) is 38.6. The number of carbonyl (C=O) groups excluding carboxylic acids is 3. The lowest BCUT2D eigenvalue weighted by Crippen LogP contribution is -2.44. The van der Waals surface area contributed by atoms with Gasteiger partial charge in [0, 0.05) is 11.8 Å². The second-order valence-electron chi connectivity index (χ2n) is 11.6. The summed E-state index contributed by atoms with van der Waals surface area (Å²) < 4.78 is 96.2. The quantitative estimate of drug-likeness (QED) is 0.234. The summed E-state index contributed by atoms with van der Waals surface area (Å²) >= 11 is 0. The number of carbonyl (C=O) groups is 3. The first-order chi connectivity index (χ1) is 19.1. The highest BCUT2D eigenvalue weighted by molar-refractivity contribution is 7.85. The summed E-state index contributed by atoms with van der Waals surface area (Å²) in [7, 11) is -4.63. The van der Waals surface area contributed by atoms with Crippen LogP contribution in [0.1, 0.15) is 61.9 Å². The van der Waals surface area contributed by atoms with E-state index in [1.54, 1.807) is 0 Å². The third-order valence-electron chi connectivity index (χ3n) is 8.98. The van der Waals surface area contributed by atoms with E-state index in [0.717, 1.165) is 31.0 Å². The zero-order chi connectivity index (χ0) is 29.9. The van der Waals surface area contributed by atoms with Crippen molar-refractivity contribution in [1.29, 1.82) is 0 Å². The maximum absolute atomic E-state index is 13.9. The number of halogens is 3. The molecule has 0 amide bonds. The number of hydrogen-bond donors (Lipinski definition) is 0. The highest BCUT2D eigenvalue weighted by atomic mass is 32.2. The molecule has 10 nitrogen and oxygen atoms in total. The smallest absolute Gasteiger partial charge is 0.419 e. The molecule has 14 heteroatoms. The number of ether oxygens (including phenoxy) is 4. The first kappa shape index (κ1) is 29.6. The Bertz CT molecular complexity index is 1340. The van der Waals surface area contributed by atoms with Gasteiger partial charge in [0.1, 0.15) is 30.2 Å². The minimum Gasteiger partial charge on any atom is -0.748 e. The first-order valence-electron chi connectivity index (χ1n) is 13.5. The third-order valence-corrected chi connectivity index (χ3v) is 9.64. The lowest BCUT2D eigenvalue weighted by atomic mass is 9.78.